The molecular weight excluding hydrogens is 364 g/mol. The van der Waals surface area contributed by atoms with Gasteiger partial charge in [0.25, 0.3) is 0 Å². The molecule has 3 aromatic carbocycles. The Morgan fingerprint density at radius 3 is 2.07 bits per heavy atom. The van der Waals surface area contributed by atoms with Crippen LogP contribution >= 0.6 is 0 Å². The number of methoxy groups -OCH3 is 1. The number of benzene rings is 3. The standard InChI is InChI=1S/C24H24N2O3/c1-29-22-14-12-19(13-15-22)16-23(27)25-17-24(28)26(21-10-6-3-7-11-21)18-20-8-4-2-5-9-20/h2-15H,16-18H2,1H3,(H,25,27). The van der Waals surface area contributed by atoms with Crippen molar-refractivity contribution >= 4 is 17.5 Å². The lowest BCUT2D eigenvalue weighted by atomic mass is 10.1. The van der Waals surface area contributed by atoms with Crippen molar-refractivity contribution < 1.29 is 14.3 Å². The highest BCUT2D eigenvalue weighted by molar-refractivity contribution is 5.96. The summed E-state index contributed by atoms with van der Waals surface area (Å²) in [5, 5.41) is 2.73. The zero-order chi connectivity index (χ0) is 20.5. The molecule has 0 fully saturated rings. The summed E-state index contributed by atoms with van der Waals surface area (Å²) in [6.45, 7) is 0.384. The van der Waals surface area contributed by atoms with Gasteiger partial charge in [-0.25, -0.2) is 0 Å². The van der Waals surface area contributed by atoms with Gasteiger partial charge in [-0.3, -0.25) is 9.59 Å². The molecule has 3 aromatic rings. The van der Waals surface area contributed by atoms with Crippen molar-refractivity contribution in [3.63, 3.8) is 0 Å². The molecular formula is C24H24N2O3. The van der Waals surface area contributed by atoms with E-state index in [4.69, 9.17) is 4.74 Å². The molecule has 0 radical (unpaired) electrons. The summed E-state index contributed by atoms with van der Waals surface area (Å²) < 4.78 is 5.12. The summed E-state index contributed by atoms with van der Waals surface area (Å²) in [5.74, 6) is 0.378. The van der Waals surface area contributed by atoms with Gasteiger partial charge in [0.1, 0.15) is 5.75 Å². The topological polar surface area (TPSA) is 58.6 Å². The normalized spacial score (nSPS) is 10.2. The Bertz CT molecular complexity index is 925. The molecule has 148 valence electrons. The summed E-state index contributed by atoms with van der Waals surface area (Å²) in [6, 6.07) is 26.6. The number of amides is 2. The van der Waals surface area contributed by atoms with E-state index in [1.54, 1.807) is 12.0 Å². The van der Waals surface area contributed by atoms with E-state index in [1.807, 2.05) is 84.9 Å². The fourth-order valence-corrected chi connectivity index (χ4v) is 2.96. The number of carbonyl (C=O) groups excluding carboxylic acids is 2. The minimum atomic E-state index is -0.198. The Balaban J connectivity index is 1.62. The van der Waals surface area contributed by atoms with E-state index < -0.39 is 0 Å². The van der Waals surface area contributed by atoms with Crippen LogP contribution in [-0.4, -0.2) is 25.5 Å². The number of ether oxygens (including phenoxy) is 1. The molecule has 1 N–H and O–H groups in total. The highest BCUT2D eigenvalue weighted by atomic mass is 16.5. The minimum absolute atomic E-state index is 0.0588. The number of hydrogen-bond acceptors (Lipinski definition) is 3. The van der Waals surface area contributed by atoms with Gasteiger partial charge < -0.3 is 15.0 Å². The molecule has 5 nitrogen and oxygen atoms in total. The molecule has 3 rings (SSSR count). The van der Waals surface area contributed by atoms with Crippen LogP contribution in [0, 0.1) is 0 Å². The van der Waals surface area contributed by atoms with Crippen molar-refractivity contribution in [3.8, 4) is 5.75 Å². The van der Waals surface area contributed by atoms with Crippen molar-refractivity contribution in [1.82, 2.24) is 5.32 Å². The summed E-state index contributed by atoms with van der Waals surface area (Å²) >= 11 is 0. The number of para-hydroxylation sites is 1. The molecule has 0 atom stereocenters. The quantitative estimate of drug-likeness (QED) is 0.642. The smallest absolute Gasteiger partial charge is 0.246 e. The van der Waals surface area contributed by atoms with Crippen LogP contribution in [-0.2, 0) is 22.6 Å². The van der Waals surface area contributed by atoms with Crippen molar-refractivity contribution in [3.05, 3.63) is 96.1 Å². The van der Waals surface area contributed by atoms with Crippen molar-refractivity contribution in [2.24, 2.45) is 0 Å². The van der Waals surface area contributed by atoms with Gasteiger partial charge in [-0.1, -0.05) is 60.7 Å². The van der Waals surface area contributed by atoms with Gasteiger partial charge >= 0.3 is 0 Å². The summed E-state index contributed by atoms with van der Waals surface area (Å²) in [6.07, 6.45) is 0.210. The van der Waals surface area contributed by atoms with Crippen LogP contribution in [0.1, 0.15) is 11.1 Å². The van der Waals surface area contributed by atoms with Crippen LogP contribution in [0.25, 0.3) is 0 Å². The second-order valence-electron chi connectivity index (χ2n) is 6.60. The molecule has 29 heavy (non-hydrogen) atoms. The maximum absolute atomic E-state index is 12.9. The third kappa shape index (κ3) is 5.94. The van der Waals surface area contributed by atoms with Crippen LogP contribution < -0.4 is 15.0 Å². The SMILES string of the molecule is COc1ccc(CC(=O)NCC(=O)N(Cc2ccccc2)c2ccccc2)cc1. The van der Waals surface area contributed by atoms with Crippen molar-refractivity contribution in [2.45, 2.75) is 13.0 Å². The second-order valence-corrected chi connectivity index (χ2v) is 6.60. The number of anilines is 1. The molecule has 0 saturated carbocycles. The predicted molar refractivity (Wildman–Crippen MR) is 114 cm³/mol. The first kappa shape index (κ1) is 20.1. The molecule has 5 heteroatoms. The molecule has 0 aliphatic carbocycles. The number of carbonyl (C=O) groups is 2. The third-order valence-corrected chi connectivity index (χ3v) is 4.51. The lowest BCUT2D eigenvalue weighted by molar-refractivity contribution is -0.124. The predicted octanol–water partition coefficient (Wildman–Crippen LogP) is 3.59. The fourth-order valence-electron chi connectivity index (χ4n) is 2.96. The Morgan fingerprint density at radius 2 is 1.45 bits per heavy atom. The molecule has 0 spiro atoms. The average molecular weight is 388 g/mol. The summed E-state index contributed by atoms with van der Waals surface area (Å²) in [4.78, 5) is 26.8. The van der Waals surface area contributed by atoms with E-state index in [2.05, 4.69) is 5.32 Å². The zero-order valence-electron chi connectivity index (χ0n) is 16.4. The highest BCUT2D eigenvalue weighted by Gasteiger charge is 2.17. The first-order valence-corrected chi connectivity index (χ1v) is 9.44. The van der Waals surface area contributed by atoms with E-state index >= 15 is 0 Å². The van der Waals surface area contributed by atoms with Crippen LogP contribution in [0.2, 0.25) is 0 Å². The molecule has 2 amide bonds. The van der Waals surface area contributed by atoms with Crippen molar-refractivity contribution in [1.29, 1.82) is 0 Å². The molecule has 0 heterocycles. The van der Waals surface area contributed by atoms with Gasteiger partial charge in [-0.2, -0.15) is 0 Å². The Labute approximate surface area is 170 Å². The van der Waals surface area contributed by atoms with Gasteiger partial charge in [0.2, 0.25) is 11.8 Å². The van der Waals surface area contributed by atoms with Crippen LogP contribution in [0.15, 0.2) is 84.9 Å². The van der Waals surface area contributed by atoms with Gasteiger partial charge in [0.15, 0.2) is 0 Å². The first-order valence-electron chi connectivity index (χ1n) is 9.44. The van der Waals surface area contributed by atoms with Crippen molar-refractivity contribution in [2.75, 3.05) is 18.6 Å². The van der Waals surface area contributed by atoms with E-state index in [9.17, 15) is 9.59 Å². The minimum Gasteiger partial charge on any atom is -0.497 e. The Kier molecular flexibility index (Phi) is 7.00. The Morgan fingerprint density at radius 1 is 0.828 bits per heavy atom. The van der Waals surface area contributed by atoms with E-state index in [1.165, 1.54) is 0 Å². The average Bonchev–Trinajstić information content (AvgIpc) is 2.77. The van der Waals surface area contributed by atoms with E-state index in [-0.39, 0.29) is 24.8 Å². The molecule has 0 aliphatic rings. The molecule has 0 unspecified atom stereocenters. The van der Waals surface area contributed by atoms with Gasteiger partial charge in [-0.05, 0) is 35.4 Å². The first-order chi connectivity index (χ1) is 14.2. The number of nitrogens with one attached hydrogen (secondary N) is 1. The van der Waals surface area contributed by atoms with E-state index in [0.29, 0.717) is 6.54 Å². The number of nitrogens with zero attached hydrogens (tertiary/aromatic N) is 1. The largest absolute Gasteiger partial charge is 0.497 e. The fraction of sp³-hybridized carbons (Fsp3) is 0.167. The lowest BCUT2D eigenvalue weighted by Crippen LogP contribution is -2.40. The van der Waals surface area contributed by atoms with Crippen LogP contribution in [0.3, 0.4) is 0 Å². The maximum atomic E-state index is 12.9. The summed E-state index contributed by atoms with van der Waals surface area (Å²) in [5.41, 5.74) is 2.68. The number of hydrogen-bond donors (Lipinski definition) is 1. The molecule has 0 bridgehead atoms. The van der Waals surface area contributed by atoms with Gasteiger partial charge in [0.05, 0.1) is 26.6 Å². The lowest BCUT2D eigenvalue weighted by Gasteiger charge is -2.23. The molecule has 0 aliphatic heterocycles. The maximum Gasteiger partial charge on any atom is 0.246 e. The molecule has 0 saturated heterocycles. The summed E-state index contributed by atoms with van der Waals surface area (Å²) in [7, 11) is 1.60. The van der Waals surface area contributed by atoms with Crippen LogP contribution in [0.5, 0.6) is 5.75 Å². The number of rotatable bonds is 8. The zero-order valence-corrected chi connectivity index (χ0v) is 16.4. The Hall–Kier alpha value is -3.60. The van der Waals surface area contributed by atoms with Gasteiger partial charge in [0, 0.05) is 5.69 Å². The second kappa shape index (κ2) is 10.1. The van der Waals surface area contributed by atoms with E-state index in [0.717, 1.165) is 22.6 Å². The van der Waals surface area contributed by atoms with Crippen LogP contribution in [0.4, 0.5) is 5.69 Å². The van der Waals surface area contributed by atoms with Gasteiger partial charge in [-0.15, -0.1) is 0 Å². The monoisotopic (exact) mass is 388 g/mol. The third-order valence-electron chi connectivity index (χ3n) is 4.51. The molecule has 0 aromatic heterocycles. The highest BCUT2D eigenvalue weighted by Crippen LogP contribution is 2.17.